The highest BCUT2D eigenvalue weighted by Crippen LogP contribution is 2.62. The summed E-state index contributed by atoms with van der Waals surface area (Å²) in [4.78, 5) is 11.5. The summed E-state index contributed by atoms with van der Waals surface area (Å²) in [7, 11) is 0. The van der Waals surface area contributed by atoms with E-state index in [-0.39, 0.29) is 0 Å². The second-order valence-corrected chi connectivity index (χ2v) is 24.5. The predicted molar refractivity (Wildman–Crippen MR) is 249 cm³/mol. The summed E-state index contributed by atoms with van der Waals surface area (Å²) in [5, 5.41) is 5.01. The van der Waals surface area contributed by atoms with Gasteiger partial charge < -0.3 is 4.90 Å². The van der Waals surface area contributed by atoms with Gasteiger partial charge in [-0.3, -0.25) is 14.6 Å². The summed E-state index contributed by atoms with van der Waals surface area (Å²) in [6, 6.07) is 38.5. The molecule has 0 bridgehead atoms. The van der Waals surface area contributed by atoms with Crippen molar-refractivity contribution in [2.45, 2.75) is 34.6 Å². The normalized spacial score (nSPS) is 18.0. The van der Waals surface area contributed by atoms with E-state index in [4.69, 9.17) is 23.6 Å². The van der Waals surface area contributed by atoms with Crippen LogP contribution in [0.2, 0.25) is 0 Å². The summed E-state index contributed by atoms with van der Waals surface area (Å²) in [6.07, 6.45) is 5.21. The molecule has 2 atom stereocenters. The van der Waals surface area contributed by atoms with Crippen molar-refractivity contribution in [1.82, 2.24) is 14.6 Å². The van der Waals surface area contributed by atoms with Crippen LogP contribution in [0.3, 0.4) is 0 Å². The molecular formula is C48H44N4P2S2. The molecule has 0 radical (unpaired) electrons. The molecule has 0 amide bonds. The number of benzene rings is 5. The van der Waals surface area contributed by atoms with Crippen LogP contribution in [0.5, 0.6) is 0 Å². The molecule has 7 aromatic rings. The molecule has 278 valence electrons. The molecule has 0 spiro atoms. The largest absolute Gasteiger partial charge is 0.308 e. The van der Waals surface area contributed by atoms with Gasteiger partial charge in [0.2, 0.25) is 0 Å². The van der Waals surface area contributed by atoms with Gasteiger partial charge in [-0.25, -0.2) is 0 Å². The first kappa shape index (κ1) is 37.1. The monoisotopic (exact) mass is 802 g/mol. The molecular weight excluding hydrogens is 759 g/mol. The lowest BCUT2D eigenvalue weighted by Gasteiger charge is -2.48. The fourth-order valence-electron chi connectivity index (χ4n) is 8.63. The highest BCUT2D eigenvalue weighted by Gasteiger charge is 2.45. The lowest BCUT2D eigenvalue weighted by molar-refractivity contribution is 0.513. The number of aryl methyl sites for hydroxylation is 3. The van der Waals surface area contributed by atoms with E-state index >= 15 is 0 Å². The van der Waals surface area contributed by atoms with Crippen molar-refractivity contribution in [3.63, 3.8) is 0 Å². The summed E-state index contributed by atoms with van der Waals surface area (Å²) >= 11 is 14.0. The second kappa shape index (κ2) is 14.1. The van der Waals surface area contributed by atoms with Gasteiger partial charge in [-0.05, 0) is 138 Å². The molecule has 0 saturated heterocycles. The van der Waals surface area contributed by atoms with Crippen LogP contribution in [-0.4, -0.2) is 34.4 Å². The Balaban J connectivity index is 1.25. The lowest BCUT2D eigenvalue weighted by Crippen LogP contribution is -2.46. The molecule has 0 saturated carbocycles. The Morgan fingerprint density at radius 2 is 0.964 bits per heavy atom. The van der Waals surface area contributed by atoms with Gasteiger partial charge in [0, 0.05) is 76.3 Å². The fourth-order valence-corrected chi connectivity index (χ4v) is 16.8. The maximum Gasteiger partial charge on any atom is 0.0751 e. The Bertz CT molecular complexity index is 2830. The van der Waals surface area contributed by atoms with Crippen molar-refractivity contribution in [3.8, 4) is 44.5 Å². The van der Waals surface area contributed by atoms with Crippen LogP contribution in [0.15, 0.2) is 134 Å². The lowest BCUT2D eigenvalue weighted by atomic mass is 9.98. The number of rotatable bonds is 7. The van der Waals surface area contributed by atoms with Gasteiger partial charge in [-0.1, -0.05) is 86.0 Å². The van der Waals surface area contributed by atoms with Gasteiger partial charge in [-0.15, -0.1) is 0 Å². The van der Waals surface area contributed by atoms with Crippen molar-refractivity contribution in [2.75, 3.05) is 24.7 Å². The van der Waals surface area contributed by atoms with E-state index in [1.165, 1.54) is 66.1 Å². The SMILES string of the molecule is CCN(CC)P1(=S)c2cc(-c3cccc(-c4cncc(C)c4)c3)ccc2N2c3ccc(-c4cccc(-c5cncc(C)c5)c4)cc3P(C)(=S)c3cc(C)cc1c32. The van der Waals surface area contributed by atoms with E-state index in [9.17, 15) is 0 Å². The fraction of sp³-hybridized carbons (Fsp3) is 0.167. The molecule has 0 N–H and O–H groups in total. The van der Waals surface area contributed by atoms with E-state index in [1.807, 2.05) is 24.8 Å². The van der Waals surface area contributed by atoms with Gasteiger partial charge >= 0.3 is 0 Å². The molecule has 2 unspecified atom stereocenters. The van der Waals surface area contributed by atoms with Crippen molar-refractivity contribution in [2.24, 2.45) is 0 Å². The quantitative estimate of drug-likeness (QED) is 0.149. The van der Waals surface area contributed by atoms with E-state index < -0.39 is 12.2 Å². The number of hydrogen-bond acceptors (Lipinski definition) is 5. The first-order chi connectivity index (χ1) is 27.0. The number of nitrogens with zero attached hydrogens (tertiary/aromatic N) is 4. The first-order valence-electron chi connectivity index (χ1n) is 19.2. The molecule has 4 nitrogen and oxygen atoms in total. The van der Waals surface area contributed by atoms with E-state index in [2.05, 4.69) is 170 Å². The zero-order chi connectivity index (χ0) is 38.9. The second-order valence-electron chi connectivity index (χ2n) is 15.2. The molecule has 5 aromatic carbocycles. The maximum absolute atomic E-state index is 7.15. The van der Waals surface area contributed by atoms with Crippen molar-refractivity contribution in [1.29, 1.82) is 0 Å². The number of fused-ring (bicyclic) bond motifs is 4. The summed E-state index contributed by atoms with van der Waals surface area (Å²) in [5.74, 6) is 0. The van der Waals surface area contributed by atoms with Crippen molar-refractivity contribution in [3.05, 3.63) is 151 Å². The van der Waals surface area contributed by atoms with Crippen LogP contribution in [0.1, 0.15) is 30.5 Å². The smallest absolute Gasteiger partial charge is 0.0751 e. The zero-order valence-electron chi connectivity index (χ0n) is 32.6. The van der Waals surface area contributed by atoms with Crippen LogP contribution in [0.25, 0.3) is 44.5 Å². The molecule has 8 heteroatoms. The van der Waals surface area contributed by atoms with Crippen LogP contribution in [0, 0.1) is 20.8 Å². The van der Waals surface area contributed by atoms with Gasteiger partial charge in [0.1, 0.15) is 0 Å². The molecule has 4 heterocycles. The topological polar surface area (TPSA) is 32.3 Å². The number of anilines is 3. The van der Waals surface area contributed by atoms with Gasteiger partial charge in [-0.2, -0.15) is 0 Å². The molecule has 2 aliphatic heterocycles. The Kier molecular flexibility index (Phi) is 9.35. The minimum atomic E-state index is -2.48. The average molecular weight is 803 g/mol. The summed E-state index contributed by atoms with van der Waals surface area (Å²) in [6.45, 7) is 15.0. The van der Waals surface area contributed by atoms with Crippen LogP contribution >= 0.6 is 12.2 Å². The van der Waals surface area contributed by atoms with E-state index in [0.717, 1.165) is 46.5 Å². The average Bonchev–Trinajstić information content (AvgIpc) is 3.21. The highest BCUT2D eigenvalue weighted by molar-refractivity contribution is 8.22. The Morgan fingerprint density at radius 1 is 0.500 bits per heavy atom. The molecule has 0 fully saturated rings. The highest BCUT2D eigenvalue weighted by atomic mass is 32.4. The van der Waals surface area contributed by atoms with Crippen molar-refractivity contribution >= 4 is 74.1 Å². The Morgan fingerprint density at radius 3 is 1.48 bits per heavy atom. The summed E-state index contributed by atoms with van der Waals surface area (Å²) in [5.41, 5.74) is 16.3. The van der Waals surface area contributed by atoms with E-state index in [0.29, 0.717) is 0 Å². The predicted octanol–water partition coefficient (Wildman–Crippen LogP) is 10.9. The summed E-state index contributed by atoms with van der Waals surface area (Å²) < 4.78 is 2.56. The van der Waals surface area contributed by atoms with Gasteiger partial charge in [0.05, 0.1) is 23.3 Å². The molecule has 9 rings (SSSR count). The standard InChI is InChI=1S/C48H44N4P2S2/c1-7-51(8-2)54(56)45-26-39(35-12-10-14-37(24-35)41-20-33(5)28-50-30-41)16-18-43(45)52-42-17-15-38(34-11-9-13-36(23-34)40-19-32(4)27-49-29-40)25-44(42)53(6,55)46-21-31(3)22-47(54)48(46)52/h9-30H,7-8H2,1-6H3. The number of hydrogen-bond donors (Lipinski definition) is 0. The zero-order valence-corrected chi connectivity index (χ0v) is 36.0. The number of aromatic nitrogens is 2. The van der Waals surface area contributed by atoms with E-state index in [1.54, 1.807) is 0 Å². The third kappa shape index (κ3) is 5.97. The van der Waals surface area contributed by atoms with Crippen molar-refractivity contribution < 1.29 is 0 Å². The Labute approximate surface area is 341 Å². The van der Waals surface area contributed by atoms with Crippen LogP contribution < -0.4 is 26.1 Å². The number of pyridine rings is 2. The van der Waals surface area contributed by atoms with Gasteiger partial charge in [0.15, 0.2) is 0 Å². The van der Waals surface area contributed by atoms with Gasteiger partial charge in [0.25, 0.3) is 0 Å². The molecule has 56 heavy (non-hydrogen) atoms. The minimum absolute atomic E-state index is 0.869. The minimum Gasteiger partial charge on any atom is -0.308 e. The molecule has 2 aromatic heterocycles. The first-order valence-corrected chi connectivity index (χ1v) is 25.2. The van der Waals surface area contributed by atoms with Crippen LogP contribution in [0.4, 0.5) is 17.1 Å². The molecule has 2 aliphatic rings. The maximum atomic E-state index is 7.15. The van der Waals surface area contributed by atoms with Crippen LogP contribution in [-0.2, 0) is 23.6 Å². The third-order valence-corrected chi connectivity index (χ3v) is 20.3. The Hall–Kier alpha value is -4.54. The molecule has 0 aliphatic carbocycles. The third-order valence-electron chi connectivity index (χ3n) is 11.4.